The van der Waals surface area contributed by atoms with E-state index in [1.54, 1.807) is 0 Å². The number of urea groups is 1. The van der Waals surface area contributed by atoms with Crippen LogP contribution in [0, 0.1) is 0 Å². The van der Waals surface area contributed by atoms with E-state index in [9.17, 15) is 4.79 Å². The highest BCUT2D eigenvalue weighted by Gasteiger charge is 2.32. The molecule has 1 saturated carbocycles. The number of hydrogen-bond acceptors (Lipinski definition) is 4. The lowest BCUT2D eigenvalue weighted by Gasteiger charge is -2.33. The molecule has 2 aliphatic rings. The van der Waals surface area contributed by atoms with Crippen molar-refractivity contribution in [1.82, 2.24) is 15.1 Å². The molecule has 2 N–H and O–H groups in total. The molecule has 0 spiro atoms. The summed E-state index contributed by atoms with van der Waals surface area (Å²) >= 11 is 0. The van der Waals surface area contributed by atoms with Gasteiger partial charge in [-0.15, -0.1) is 0 Å². The first-order valence-corrected chi connectivity index (χ1v) is 8.74. The van der Waals surface area contributed by atoms with Crippen molar-refractivity contribution >= 4 is 11.7 Å². The van der Waals surface area contributed by atoms with Crippen LogP contribution in [0.5, 0.6) is 0 Å². The van der Waals surface area contributed by atoms with Crippen molar-refractivity contribution in [2.75, 3.05) is 45.7 Å². The summed E-state index contributed by atoms with van der Waals surface area (Å²) in [7, 11) is 4.06. The van der Waals surface area contributed by atoms with E-state index >= 15 is 0 Å². The normalized spacial score (nSPS) is 21.7. The van der Waals surface area contributed by atoms with Gasteiger partial charge in [-0.2, -0.15) is 0 Å². The lowest BCUT2D eigenvalue weighted by molar-refractivity contribution is -0.0286. The number of morpholine rings is 1. The highest BCUT2D eigenvalue weighted by atomic mass is 16.5. The predicted octanol–water partition coefficient (Wildman–Crippen LogP) is 1.73. The van der Waals surface area contributed by atoms with Crippen LogP contribution in [0.4, 0.5) is 10.5 Å². The number of carbonyl (C=O) groups is 1. The van der Waals surface area contributed by atoms with E-state index in [2.05, 4.69) is 26.5 Å². The second kappa shape index (κ2) is 7.96. The van der Waals surface area contributed by atoms with Crippen molar-refractivity contribution in [2.45, 2.75) is 31.5 Å². The number of carbonyl (C=O) groups excluding carboxylic acids is 1. The first-order chi connectivity index (χ1) is 11.6. The van der Waals surface area contributed by atoms with Gasteiger partial charge in [-0.1, -0.05) is 12.1 Å². The van der Waals surface area contributed by atoms with Crippen molar-refractivity contribution in [3.8, 4) is 0 Å². The highest BCUT2D eigenvalue weighted by molar-refractivity contribution is 5.89. The van der Waals surface area contributed by atoms with Gasteiger partial charge in [0.15, 0.2) is 0 Å². The van der Waals surface area contributed by atoms with E-state index in [4.69, 9.17) is 4.74 Å². The van der Waals surface area contributed by atoms with Crippen LogP contribution in [-0.4, -0.2) is 68.3 Å². The number of nitrogens with one attached hydrogen (secondary N) is 2. The number of anilines is 1. The number of amides is 2. The third-order valence-electron chi connectivity index (χ3n) is 4.41. The van der Waals surface area contributed by atoms with Crippen LogP contribution in [0.2, 0.25) is 0 Å². The molecule has 6 heteroatoms. The lowest BCUT2D eigenvalue weighted by atomic mass is 10.2. The molecule has 6 nitrogen and oxygen atoms in total. The standard InChI is InChI=1S/C18H28N4O2/c1-21(2)12-14-4-3-5-15(10-14)20-18(23)19-11-17-13-22(8-9-24-17)16-6-7-16/h3-5,10,16-17H,6-9,11-13H2,1-2H3,(H2,19,20,23). The maximum atomic E-state index is 12.1. The molecule has 3 rings (SSSR count). The van der Waals surface area contributed by atoms with Crippen LogP contribution in [0.25, 0.3) is 0 Å². The molecule has 1 aliphatic heterocycles. The number of nitrogens with zero attached hydrogens (tertiary/aromatic N) is 2. The molecule has 2 fully saturated rings. The predicted molar refractivity (Wildman–Crippen MR) is 95.2 cm³/mol. The second-order valence-electron chi connectivity index (χ2n) is 6.99. The van der Waals surface area contributed by atoms with Gasteiger partial charge in [-0.3, -0.25) is 4.90 Å². The molecule has 1 aliphatic carbocycles. The molecule has 1 atom stereocenters. The summed E-state index contributed by atoms with van der Waals surface area (Å²) in [4.78, 5) is 16.7. The Kier molecular flexibility index (Phi) is 5.71. The first-order valence-electron chi connectivity index (χ1n) is 8.74. The van der Waals surface area contributed by atoms with Gasteiger partial charge in [0.05, 0.1) is 12.7 Å². The van der Waals surface area contributed by atoms with E-state index in [-0.39, 0.29) is 12.1 Å². The minimum atomic E-state index is -0.177. The average molecular weight is 332 g/mol. The van der Waals surface area contributed by atoms with Crippen molar-refractivity contribution < 1.29 is 9.53 Å². The molecule has 24 heavy (non-hydrogen) atoms. The third kappa shape index (κ3) is 5.19. The Morgan fingerprint density at radius 3 is 2.96 bits per heavy atom. The third-order valence-corrected chi connectivity index (χ3v) is 4.41. The topological polar surface area (TPSA) is 56.8 Å². The van der Waals surface area contributed by atoms with E-state index in [1.807, 2.05) is 32.3 Å². The van der Waals surface area contributed by atoms with Gasteiger partial charge >= 0.3 is 6.03 Å². The van der Waals surface area contributed by atoms with Crippen LogP contribution in [0.1, 0.15) is 18.4 Å². The van der Waals surface area contributed by atoms with E-state index in [1.165, 1.54) is 18.4 Å². The molecule has 132 valence electrons. The minimum Gasteiger partial charge on any atom is -0.374 e. The van der Waals surface area contributed by atoms with E-state index in [0.717, 1.165) is 38.0 Å². The van der Waals surface area contributed by atoms with Gasteiger partial charge in [0.1, 0.15) is 0 Å². The Morgan fingerprint density at radius 2 is 2.21 bits per heavy atom. The summed E-state index contributed by atoms with van der Waals surface area (Å²) in [5.74, 6) is 0. The summed E-state index contributed by atoms with van der Waals surface area (Å²) in [6, 6.07) is 8.52. The largest absolute Gasteiger partial charge is 0.374 e. The molecule has 1 aromatic carbocycles. The molecule has 0 aromatic heterocycles. The van der Waals surface area contributed by atoms with Gasteiger partial charge in [0, 0.05) is 37.9 Å². The Balaban J connectivity index is 1.43. The summed E-state index contributed by atoms with van der Waals surface area (Å²) in [6.45, 7) is 4.10. The summed E-state index contributed by atoms with van der Waals surface area (Å²) in [5, 5.41) is 5.83. The highest BCUT2D eigenvalue weighted by Crippen LogP contribution is 2.28. The van der Waals surface area contributed by atoms with Gasteiger partial charge in [0.25, 0.3) is 0 Å². The Labute approximate surface area is 144 Å². The Morgan fingerprint density at radius 1 is 1.38 bits per heavy atom. The maximum Gasteiger partial charge on any atom is 0.319 e. The molecule has 1 saturated heterocycles. The zero-order valence-electron chi connectivity index (χ0n) is 14.6. The second-order valence-corrected chi connectivity index (χ2v) is 6.99. The molecule has 0 radical (unpaired) electrons. The SMILES string of the molecule is CN(C)Cc1cccc(NC(=O)NCC2CN(C3CC3)CCO2)c1. The maximum absolute atomic E-state index is 12.1. The fourth-order valence-corrected chi connectivity index (χ4v) is 3.13. The molecule has 2 amide bonds. The van der Waals surface area contributed by atoms with E-state index in [0.29, 0.717) is 6.54 Å². The zero-order valence-corrected chi connectivity index (χ0v) is 14.6. The van der Waals surface area contributed by atoms with Crippen molar-refractivity contribution in [3.05, 3.63) is 29.8 Å². The number of rotatable bonds is 6. The first kappa shape index (κ1) is 17.2. The monoisotopic (exact) mass is 332 g/mol. The van der Waals surface area contributed by atoms with Crippen molar-refractivity contribution in [3.63, 3.8) is 0 Å². The van der Waals surface area contributed by atoms with Crippen LogP contribution in [0.3, 0.4) is 0 Å². The molecule has 1 heterocycles. The number of hydrogen-bond donors (Lipinski definition) is 2. The van der Waals surface area contributed by atoms with Crippen LogP contribution >= 0.6 is 0 Å². The quantitative estimate of drug-likeness (QED) is 0.833. The summed E-state index contributed by atoms with van der Waals surface area (Å²) < 4.78 is 5.76. The molecule has 1 unspecified atom stereocenters. The van der Waals surface area contributed by atoms with Crippen LogP contribution < -0.4 is 10.6 Å². The van der Waals surface area contributed by atoms with Crippen LogP contribution in [0.15, 0.2) is 24.3 Å². The lowest BCUT2D eigenvalue weighted by Crippen LogP contribution is -2.48. The molecule has 1 aromatic rings. The number of benzene rings is 1. The van der Waals surface area contributed by atoms with Gasteiger partial charge in [0.2, 0.25) is 0 Å². The Hall–Kier alpha value is -1.63. The molecular formula is C18H28N4O2. The zero-order chi connectivity index (χ0) is 16.9. The fourth-order valence-electron chi connectivity index (χ4n) is 3.13. The molecule has 0 bridgehead atoms. The smallest absolute Gasteiger partial charge is 0.319 e. The Bertz CT molecular complexity index is 560. The van der Waals surface area contributed by atoms with Gasteiger partial charge in [-0.25, -0.2) is 4.79 Å². The van der Waals surface area contributed by atoms with Crippen LogP contribution in [-0.2, 0) is 11.3 Å². The van der Waals surface area contributed by atoms with E-state index < -0.39 is 0 Å². The average Bonchev–Trinajstić information content (AvgIpc) is 3.38. The van der Waals surface area contributed by atoms with Crippen molar-refractivity contribution in [1.29, 1.82) is 0 Å². The molecular weight excluding hydrogens is 304 g/mol. The fraction of sp³-hybridized carbons (Fsp3) is 0.611. The van der Waals surface area contributed by atoms with Gasteiger partial charge in [-0.05, 0) is 44.6 Å². The summed E-state index contributed by atoms with van der Waals surface area (Å²) in [5.41, 5.74) is 1.99. The van der Waals surface area contributed by atoms with Gasteiger partial charge < -0.3 is 20.3 Å². The van der Waals surface area contributed by atoms with Crippen molar-refractivity contribution in [2.24, 2.45) is 0 Å². The minimum absolute atomic E-state index is 0.0881. The summed E-state index contributed by atoms with van der Waals surface area (Å²) in [6.07, 6.45) is 2.71. The number of ether oxygens (including phenoxy) is 1.